The van der Waals surface area contributed by atoms with Crippen molar-refractivity contribution in [2.24, 2.45) is 0 Å². The van der Waals surface area contributed by atoms with Crippen LogP contribution in [0.3, 0.4) is 0 Å². The molecule has 3 aromatic carbocycles. The Morgan fingerprint density at radius 2 is 1.71 bits per heavy atom. The zero-order valence-electron chi connectivity index (χ0n) is 18.7. The fraction of sp³-hybridized carbons (Fsp3) is 0.148. The summed E-state index contributed by atoms with van der Waals surface area (Å²) in [6, 6.07) is 20.8. The maximum Gasteiger partial charge on any atom is 0.280 e. The van der Waals surface area contributed by atoms with Gasteiger partial charge >= 0.3 is 0 Å². The quantitative estimate of drug-likeness (QED) is 0.297. The summed E-state index contributed by atoms with van der Waals surface area (Å²) in [6.07, 6.45) is 3.65. The van der Waals surface area contributed by atoms with Gasteiger partial charge in [-0.25, -0.2) is 0 Å². The topological polar surface area (TPSA) is 81.9 Å². The van der Waals surface area contributed by atoms with Crippen LogP contribution in [0.1, 0.15) is 33.0 Å². The number of Topliss-reactive ketones (excluding diaryl/α,β-unsaturated/α-hetero) is 1. The van der Waals surface area contributed by atoms with Gasteiger partial charge in [-0.05, 0) is 29.3 Å². The van der Waals surface area contributed by atoms with E-state index in [0.29, 0.717) is 28.3 Å². The standard InChI is InChI=1S/C27H22N2O5/c1-33-19-12-13-21(22(16-19)34-2)27(30)26-23(18-9-4-3-5-10-18)25(29(31)32)24-20-11-7-6-8-17(20)14-15-28(24)26/h3-16,23,26H,1-2H3. The molecule has 2 unspecified atom stereocenters. The number of benzene rings is 3. The maximum absolute atomic E-state index is 14.1. The van der Waals surface area contributed by atoms with Crippen molar-refractivity contribution in [3.8, 4) is 11.5 Å². The van der Waals surface area contributed by atoms with Crippen LogP contribution in [-0.4, -0.2) is 35.9 Å². The van der Waals surface area contributed by atoms with E-state index in [1.807, 2.05) is 60.7 Å². The van der Waals surface area contributed by atoms with Gasteiger partial charge < -0.3 is 14.4 Å². The van der Waals surface area contributed by atoms with Gasteiger partial charge in [0.25, 0.3) is 5.70 Å². The molecule has 0 bridgehead atoms. The average molecular weight is 454 g/mol. The van der Waals surface area contributed by atoms with Gasteiger partial charge in [0.2, 0.25) is 0 Å². The molecular formula is C27H22N2O5. The first kappa shape index (κ1) is 21.5. The van der Waals surface area contributed by atoms with Crippen LogP contribution in [0.5, 0.6) is 11.5 Å². The Labute approximate surface area is 196 Å². The second kappa shape index (κ2) is 8.51. The van der Waals surface area contributed by atoms with E-state index in [1.54, 1.807) is 29.3 Å². The molecule has 0 saturated carbocycles. The summed E-state index contributed by atoms with van der Waals surface area (Å²) in [6.45, 7) is 0. The highest BCUT2D eigenvalue weighted by Crippen LogP contribution is 2.49. The van der Waals surface area contributed by atoms with Crippen LogP contribution < -0.4 is 9.47 Å². The van der Waals surface area contributed by atoms with E-state index in [4.69, 9.17) is 9.47 Å². The number of carbonyl (C=O) groups is 1. The Morgan fingerprint density at radius 3 is 2.41 bits per heavy atom. The third-order valence-electron chi connectivity index (χ3n) is 6.34. The molecule has 0 spiro atoms. The SMILES string of the molecule is COc1ccc(C(=O)C2C(c3ccccc3)C([N+](=O)[O-])=C3c4ccccc4C=CN32)c(OC)c1. The molecule has 5 rings (SSSR count). The highest BCUT2D eigenvalue weighted by atomic mass is 16.6. The molecule has 2 aliphatic rings. The molecule has 7 nitrogen and oxygen atoms in total. The van der Waals surface area contributed by atoms with E-state index < -0.39 is 12.0 Å². The summed E-state index contributed by atoms with van der Waals surface area (Å²) in [5, 5.41) is 12.5. The van der Waals surface area contributed by atoms with E-state index in [0.717, 1.165) is 11.1 Å². The fourth-order valence-corrected chi connectivity index (χ4v) is 4.83. The number of ether oxygens (including phenoxy) is 2. The van der Waals surface area contributed by atoms with Crippen LogP contribution in [0, 0.1) is 10.1 Å². The monoisotopic (exact) mass is 454 g/mol. The van der Waals surface area contributed by atoms with Crippen molar-refractivity contribution >= 4 is 17.6 Å². The summed E-state index contributed by atoms with van der Waals surface area (Å²) >= 11 is 0. The van der Waals surface area contributed by atoms with Crippen molar-refractivity contribution in [2.75, 3.05) is 14.2 Å². The smallest absolute Gasteiger partial charge is 0.280 e. The van der Waals surface area contributed by atoms with Gasteiger partial charge in [0.05, 0.1) is 24.7 Å². The molecule has 0 fully saturated rings. The molecule has 170 valence electrons. The zero-order valence-corrected chi connectivity index (χ0v) is 18.7. The number of fused-ring (bicyclic) bond motifs is 3. The second-order valence-corrected chi connectivity index (χ2v) is 8.06. The van der Waals surface area contributed by atoms with Crippen LogP contribution in [0.15, 0.2) is 84.7 Å². The summed E-state index contributed by atoms with van der Waals surface area (Å²) in [5.41, 5.74) is 3.10. The van der Waals surface area contributed by atoms with Crippen molar-refractivity contribution in [2.45, 2.75) is 12.0 Å². The molecular weight excluding hydrogens is 432 g/mol. The number of rotatable bonds is 6. The van der Waals surface area contributed by atoms with E-state index >= 15 is 0 Å². The van der Waals surface area contributed by atoms with Crippen LogP contribution in [0.25, 0.3) is 11.8 Å². The number of hydrogen-bond acceptors (Lipinski definition) is 6. The molecule has 0 amide bonds. The van der Waals surface area contributed by atoms with Crippen molar-refractivity contribution in [3.05, 3.63) is 117 Å². The van der Waals surface area contributed by atoms with Crippen LogP contribution in [-0.2, 0) is 0 Å². The molecule has 0 saturated heterocycles. The highest BCUT2D eigenvalue weighted by Gasteiger charge is 2.52. The number of methoxy groups -OCH3 is 2. The normalized spacial score (nSPS) is 18.4. The lowest BCUT2D eigenvalue weighted by Gasteiger charge is -2.30. The lowest BCUT2D eigenvalue weighted by Crippen LogP contribution is -2.38. The van der Waals surface area contributed by atoms with E-state index in [1.165, 1.54) is 14.2 Å². The average Bonchev–Trinajstić information content (AvgIpc) is 3.24. The minimum absolute atomic E-state index is 0.00817. The third kappa shape index (κ3) is 3.33. The van der Waals surface area contributed by atoms with Gasteiger partial charge in [-0.3, -0.25) is 14.9 Å². The molecule has 0 radical (unpaired) electrons. The van der Waals surface area contributed by atoms with E-state index in [-0.39, 0.29) is 16.4 Å². The molecule has 2 aliphatic heterocycles. The van der Waals surface area contributed by atoms with E-state index in [9.17, 15) is 14.9 Å². The Kier molecular flexibility index (Phi) is 5.37. The van der Waals surface area contributed by atoms with E-state index in [2.05, 4.69) is 0 Å². The van der Waals surface area contributed by atoms with Gasteiger partial charge in [0, 0.05) is 17.8 Å². The summed E-state index contributed by atoms with van der Waals surface area (Å²) in [5.74, 6) is -0.141. The molecule has 0 aromatic heterocycles. The number of nitro groups is 1. The number of ketones is 1. The summed E-state index contributed by atoms with van der Waals surface area (Å²) < 4.78 is 10.8. The van der Waals surface area contributed by atoms with Crippen molar-refractivity contribution < 1.29 is 19.2 Å². The molecule has 3 aromatic rings. The minimum Gasteiger partial charge on any atom is -0.497 e. The van der Waals surface area contributed by atoms with Gasteiger partial charge in [-0.2, -0.15) is 0 Å². The number of carbonyl (C=O) groups excluding carboxylic acids is 1. The van der Waals surface area contributed by atoms with Crippen LogP contribution in [0.2, 0.25) is 0 Å². The zero-order chi connectivity index (χ0) is 23.8. The van der Waals surface area contributed by atoms with Gasteiger partial charge in [-0.1, -0.05) is 54.6 Å². The van der Waals surface area contributed by atoms with Gasteiger partial charge in [0.15, 0.2) is 5.78 Å². The first-order chi connectivity index (χ1) is 16.5. The summed E-state index contributed by atoms with van der Waals surface area (Å²) in [7, 11) is 3.02. The molecule has 2 atom stereocenters. The van der Waals surface area contributed by atoms with Gasteiger partial charge in [0.1, 0.15) is 29.2 Å². The van der Waals surface area contributed by atoms with Gasteiger partial charge in [-0.15, -0.1) is 0 Å². The first-order valence-corrected chi connectivity index (χ1v) is 10.8. The van der Waals surface area contributed by atoms with Crippen LogP contribution in [0.4, 0.5) is 0 Å². The Hall–Kier alpha value is -4.39. The lowest BCUT2D eigenvalue weighted by molar-refractivity contribution is -0.428. The molecule has 7 heteroatoms. The predicted molar refractivity (Wildman–Crippen MR) is 128 cm³/mol. The number of hydrogen-bond donors (Lipinski definition) is 0. The number of nitrogens with zero attached hydrogens (tertiary/aromatic N) is 2. The predicted octanol–water partition coefficient (Wildman–Crippen LogP) is 4.98. The summed E-state index contributed by atoms with van der Waals surface area (Å²) in [4.78, 5) is 28.0. The lowest BCUT2D eigenvalue weighted by atomic mass is 9.86. The first-order valence-electron chi connectivity index (χ1n) is 10.8. The maximum atomic E-state index is 14.1. The van der Waals surface area contributed by atoms with Crippen LogP contribution >= 0.6 is 0 Å². The molecule has 0 N–H and O–H groups in total. The second-order valence-electron chi connectivity index (χ2n) is 8.06. The molecule has 0 aliphatic carbocycles. The fourth-order valence-electron chi connectivity index (χ4n) is 4.83. The minimum atomic E-state index is -0.857. The largest absolute Gasteiger partial charge is 0.497 e. The Morgan fingerprint density at radius 1 is 0.971 bits per heavy atom. The molecule has 34 heavy (non-hydrogen) atoms. The highest BCUT2D eigenvalue weighted by molar-refractivity contribution is 6.06. The third-order valence-corrected chi connectivity index (χ3v) is 6.34. The Bertz CT molecular complexity index is 1350. The molecule has 2 heterocycles. The Balaban J connectivity index is 1.73. The van der Waals surface area contributed by atoms with Crippen molar-refractivity contribution in [1.29, 1.82) is 0 Å². The van der Waals surface area contributed by atoms with Crippen molar-refractivity contribution in [1.82, 2.24) is 4.90 Å². The van der Waals surface area contributed by atoms with Crippen molar-refractivity contribution in [3.63, 3.8) is 0 Å².